The Morgan fingerprint density at radius 2 is 1.95 bits per heavy atom. The highest BCUT2D eigenvalue weighted by Crippen LogP contribution is 2.37. The van der Waals surface area contributed by atoms with Crippen molar-refractivity contribution in [3.63, 3.8) is 0 Å². The summed E-state index contributed by atoms with van der Waals surface area (Å²) in [6.07, 6.45) is 1.03. The molecule has 0 amide bonds. The Balaban J connectivity index is 2.12. The summed E-state index contributed by atoms with van der Waals surface area (Å²) in [5, 5.41) is 0.701. The molecule has 3 heteroatoms. The van der Waals surface area contributed by atoms with E-state index in [1.165, 1.54) is 16.7 Å². The highest BCUT2D eigenvalue weighted by molar-refractivity contribution is 6.32. The van der Waals surface area contributed by atoms with E-state index >= 15 is 0 Å². The first-order valence-electron chi connectivity index (χ1n) is 7.29. The molecule has 110 valence electrons. The van der Waals surface area contributed by atoms with Crippen molar-refractivity contribution >= 4 is 11.6 Å². The third kappa shape index (κ3) is 2.92. The topological polar surface area (TPSA) is 12.5 Å². The van der Waals surface area contributed by atoms with Gasteiger partial charge in [0.1, 0.15) is 5.75 Å². The first kappa shape index (κ1) is 14.4. The van der Waals surface area contributed by atoms with Gasteiger partial charge in [-0.15, -0.1) is 0 Å². The van der Waals surface area contributed by atoms with Crippen LogP contribution in [-0.2, 0) is 6.42 Å². The number of nitrogens with zero attached hydrogens (tertiary/aromatic N) is 1. The fourth-order valence-electron chi connectivity index (χ4n) is 3.09. The van der Waals surface area contributed by atoms with Crippen LogP contribution in [0.5, 0.6) is 5.75 Å². The van der Waals surface area contributed by atoms with Crippen LogP contribution in [0.4, 0.5) is 0 Å². The summed E-state index contributed by atoms with van der Waals surface area (Å²) in [6, 6.07) is 14.9. The van der Waals surface area contributed by atoms with Crippen molar-refractivity contribution in [3.05, 3.63) is 64.2 Å². The molecule has 0 N–H and O–H groups in total. The summed E-state index contributed by atoms with van der Waals surface area (Å²) in [5.74, 6) is 1.13. The molecule has 3 rings (SSSR count). The van der Waals surface area contributed by atoms with Crippen molar-refractivity contribution in [2.45, 2.75) is 12.3 Å². The Hall–Kier alpha value is -1.51. The molecule has 21 heavy (non-hydrogen) atoms. The highest BCUT2D eigenvalue weighted by atomic mass is 35.5. The van der Waals surface area contributed by atoms with E-state index in [1.54, 1.807) is 7.11 Å². The second kappa shape index (κ2) is 6.08. The number of fused-ring (bicyclic) bond motifs is 1. The van der Waals surface area contributed by atoms with Crippen LogP contribution in [0.2, 0.25) is 5.02 Å². The first-order valence-corrected chi connectivity index (χ1v) is 7.66. The van der Waals surface area contributed by atoms with E-state index in [0.717, 1.165) is 25.3 Å². The molecular formula is C18H20ClNO. The molecule has 0 aliphatic carbocycles. The molecule has 2 nitrogen and oxygen atoms in total. The van der Waals surface area contributed by atoms with Crippen molar-refractivity contribution in [1.29, 1.82) is 0 Å². The van der Waals surface area contributed by atoms with E-state index in [4.69, 9.17) is 16.3 Å². The van der Waals surface area contributed by atoms with Gasteiger partial charge in [0, 0.05) is 19.0 Å². The summed E-state index contributed by atoms with van der Waals surface area (Å²) in [5.41, 5.74) is 4.02. The number of likely N-dealkylation sites (N-methyl/N-ethyl adjacent to an activating group) is 1. The molecule has 0 radical (unpaired) electrons. The highest BCUT2D eigenvalue weighted by Gasteiger charge is 2.24. The molecule has 0 unspecified atom stereocenters. The first-order chi connectivity index (χ1) is 10.2. The predicted molar refractivity (Wildman–Crippen MR) is 87.5 cm³/mol. The fraction of sp³-hybridized carbons (Fsp3) is 0.333. The number of ether oxygens (including phenoxy) is 1. The molecule has 2 aromatic carbocycles. The van der Waals surface area contributed by atoms with E-state index in [9.17, 15) is 0 Å². The van der Waals surface area contributed by atoms with Gasteiger partial charge in [0.15, 0.2) is 0 Å². The van der Waals surface area contributed by atoms with Gasteiger partial charge in [0.2, 0.25) is 0 Å². The van der Waals surface area contributed by atoms with Gasteiger partial charge in [-0.3, -0.25) is 0 Å². The van der Waals surface area contributed by atoms with E-state index in [2.05, 4.69) is 54.4 Å². The molecule has 1 atom stereocenters. The zero-order chi connectivity index (χ0) is 14.8. The van der Waals surface area contributed by atoms with E-state index in [0.29, 0.717) is 10.9 Å². The normalized spacial score (nSPS) is 18.9. The van der Waals surface area contributed by atoms with Crippen LogP contribution in [0.3, 0.4) is 0 Å². The van der Waals surface area contributed by atoms with Crippen LogP contribution < -0.4 is 4.74 Å². The van der Waals surface area contributed by atoms with E-state index in [1.807, 2.05) is 0 Å². The van der Waals surface area contributed by atoms with Gasteiger partial charge in [-0.25, -0.2) is 0 Å². The third-order valence-corrected chi connectivity index (χ3v) is 4.54. The number of hydrogen-bond donors (Lipinski definition) is 0. The average molecular weight is 302 g/mol. The third-order valence-electron chi connectivity index (χ3n) is 4.25. The second-order valence-electron chi connectivity index (χ2n) is 5.66. The molecule has 0 bridgehead atoms. The average Bonchev–Trinajstić information content (AvgIpc) is 2.67. The van der Waals surface area contributed by atoms with Gasteiger partial charge in [-0.2, -0.15) is 0 Å². The van der Waals surface area contributed by atoms with Gasteiger partial charge < -0.3 is 9.64 Å². The van der Waals surface area contributed by atoms with Crippen molar-refractivity contribution in [2.24, 2.45) is 0 Å². The van der Waals surface area contributed by atoms with Crippen LogP contribution in [0.15, 0.2) is 42.5 Å². The molecule has 0 fully saturated rings. The zero-order valence-electron chi connectivity index (χ0n) is 12.5. The van der Waals surface area contributed by atoms with Crippen molar-refractivity contribution in [1.82, 2.24) is 4.90 Å². The van der Waals surface area contributed by atoms with Gasteiger partial charge in [0.25, 0.3) is 0 Å². The minimum absolute atomic E-state index is 0.361. The zero-order valence-corrected chi connectivity index (χ0v) is 13.2. The molecule has 2 aromatic rings. The standard InChI is InChI=1S/C18H20ClNO/c1-20-9-8-14-10-17(19)18(21-2)11-15(14)16(12-20)13-6-4-3-5-7-13/h3-7,10-11,16H,8-9,12H2,1-2H3/t16-/m0/s1. The van der Waals surface area contributed by atoms with Crippen LogP contribution in [0.1, 0.15) is 22.6 Å². The molecule has 0 saturated heterocycles. The lowest BCUT2D eigenvalue weighted by Crippen LogP contribution is -2.24. The molecule has 1 aliphatic heterocycles. The molecule has 0 spiro atoms. The lowest BCUT2D eigenvalue weighted by Gasteiger charge is -2.22. The van der Waals surface area contributed by atoms with Crippen LogP contribution in [0, 0.1) is 0 Å². The Bertz CT molecular complexity index is 627. The van der Waals surface area contributed by atoms with Gasteiger partial charge in [0.05, 0.1) is 12.1 Å². The monoisotopic (exact) mass is 301 g/mol. The molecule has 1 heterocycles. The fourth-order valence-corrected chi connectivity index (χ4v) is 3.35. The number of methoxy groups -OCH3 is 1. The van der Waals surface area contributed by atoms with Gasteiger partial charge in [-0.1, -0.05) is 41.9 Å². The van der Waals surface area contributed by atoms with Gasteiger partial charge in [-0.05, 0) is 42.3 Å². The van der Waals surface area contributed by atoms with Crippen LogP contribution in [0.25, 0.3) is 0 Å². The number of hydrogen-bond acceptors (Lipinski definition) is 2. The Kier molecular flexibility index (Phi) is 4.18. The molecule has 0 saturated carbocycles. The quantitative estimate of drug-likeness (QED) is 0.832. The summed E-state index contributed by atoms with van der Waals surface area (Å²) in [6.45, 7) is 2.07. The maximum absolute atomic E-state index is 6.31. The number of benzene rings is 2. The van der Waals surface area contributed by atoms with E-state index in [-0.39, 0.29) is 0 Å². The SMILES string of the molecule is COc1cc2c(cc1Cl)CCN(C)C[C@H]2c1ccccc1. The number of halogens is 1. The van der Waals surface area contributed by atoms with Crippen LogP contribution >= 0.6 is 11.6 Å². The Labute approximate surface area is 131 Å². The summed E-state index contributed by atoms with van der Waals surface area (Å²) >= 11 is 6.31. The lowest BCUT2D eigenvalue weighted by molar-refractivity contribution is 0.338. The van der Waals surface area contributed by atoms with Crippen molar-refractivity contribution < 1.29 is 4.74 Å². The minimum Gasteiger partial charge on any atom is -0.495 e. The summed E-state index contributed by atoms with van der Waals surface area (Å²) < 4.78 is 5.42. The lowest BCUT2D eigenvalue weighted by atomic mass is 9.88. The molecule has 0 aromatic heterocycles. The summed E-state index contributed by atoms with van der Waals surface area (Å²) in [7, 11) is 3.86. The maximum Gasteiger partial charge on any atom is 0.137 e. The van der Waals surface area contributed by atoms with Crippen molar-refractivity contribution in [3.8, 4) is 5.75 Å². The second-order valence-corrected chi connectivity index (χ2v) is 6.07. The minimum atomic E-state index is 0.361. The predicted octanol–water partition coefficient (Wildman–Crippen LogP) is 3.97. The Morgan fingerprint density at radius 3 is 2.67 bits per heavy atom. The molecule has 1 aliphatic rings. The van der Waals surface area contributed by atoms with E-state index < -0.39 is 0 Å². The Morgan fingerprint density at radius 1 is 1.19 bits per heavy atom. The largest absolute Gasteiger partial charge is 0.495 e. The maximum atomic E-state index is 6.31. The smallest absolute Gasteiger partial charge is 0.137 e. The number of rotatable bonds is 2. The van der Waals surface area contributed by atoms with Crippen molar-refractivity contribution in [2.75, 3.05) is 27.2 Å². The van der Waals surface area contributed by atoms with Crippen LogP contribution in [-0.4, -0.2) is 32.1 Å². The summed E-state index contributed by atoms with van der Waals surface area (Å²) in [4.78, 5) is 2.39. The molecular weight excluding hydrogens is 282 g/mol. The van der Waals surface area contributed by atoms with Gasteiger partial charge >= 0.3 is 0 Å².